The van der Waals surface area contributed by atoms with Crippen LogP contribution >= 0.6 is 0 Å². The molecule has 8 nitrogen and oxygen atoms in total. The lowest BCUT2D eigenvalue weighted by Gasteiger charge is -2.32. The number of piperidine rings is 1. The van der Waals surface area contributed by atoms with E-state index in [9.17, 15) is 14.4 Å². The van der Waals surface area contributed by atoms with Crippen molar-refractivity contribution in [3.63, 3.8) is 0 Å². The first-order chi connectivity index (χ1) is 17.1. The van der Waals surface area contributed by atoms with Gasteiger partial charge in [-0.1, -0.05) is 30.3 Å². The van der Waals surface area contributed by atoms with Gasteiger partial charge in [0.15, 0.2) is 5.65 Å². The Labute approximate surface area is 202 Å². The topological polar surface area (TPSA) is 87.9 Å². The van der Waals surface area contributed by atoms with Gasteiger partial charge in [0.05, 0.1) is 0 Å². The molecule has 1 unspecified atom stereocenters. The number of pyridine rings is 1. The first-order valence-corrected chi connectivity index (χ1v) is 12.1. The summed E-state index contributed by atoms with van der Waals surface area (Å²) in [7, 11) is 0. The number of hydrogen-bond acceptors (Lipinski definition) is 5. The lowest BCUT2D eigenvalue weighted by atomic mass is 9.94. The molecule has 8 heteroatoms. The van der Waals surface area contributed by atoms with Gasteiger partial charge in [-0.05, 0) is 48.9 Å². The van der Waals surface area contributed by atoms with Crippen molar-refractivity contribution in [2.24, 2.45) is 0 Å². The Morgan fingerprint density at radius 1 is 0.943 bits per heavy atom. The van der Waals surface area contributed by atoms with Gasteiger partial charge < -0.3 is 4.90 Å². The number of aromatic nitrogens is 3. The number of fused-ring (bicyclic) bond motifs is 1. The van der Waals surface area contributed by atoms with Gasteiger partial charge in [-0.25, -0.2) is 0 Å². The van der Waals surface area contributed by atoms with Crippen LogP contribution in [0.4, 0.5) is 0 Å². The molecule has 2 aliphatic heterocycles. The highest BCUT2D eigenvalue weighted by Crippen LogP contribution is 2.30. The zero-order valence-corrected chi connectivity index (χ0v) is 19.3. The molecule has 2 aliphatic rings. The first kappa shape index (κ1) is 21.5. The summed E-state index contributed by atoms with van der Waals surface area (Å²) in [5, 5.41) is 10.2. The van der Waals surface area contributed by atoms with E-state index in [0.29, 0.717) is 30.6 Å². The number of rotatable bonds is 5. The second kappa shape index (κ2) is 8.61. The Morgan fingerprint density at radius 2 is 1.71 bits per heavy atom. The molecule has 0 radical (unpaired) electrons. The van der Waals surface area contributed by atoms with Gasteiger partial charge in [0.2, 0.25) is 5.91 Å². The van der Waals surface area contributed by atoms with Gasteiger partial charge in [-0.2, -0.15) is 0 Å². The molecule has 0 saturated carbocycles. The molecule has 1 atom stereocenters. The number of likely N-dealkylation sites (tertiary alicyclic amines) is 1. The molecular formula is C27H25N5O3. The SMILES string of the molecule is O=C(CCCN1C(=O)c2cccc3cccc(c23)C1=O)N1CCCC(c2nnc3ccccn23)C1. The van der Waals surface area contributed by atoms with E-state index in [2.05, 4.69) is 10.2 Å². The van der Waals surface area contributed by atoms with Crippen LogP contribution in [0.15, 0.2) is 60.8 Å². The van der Waals surface area contributed by atoms with Crippen LogP contribution in [-0.2, 0) is 4.79 Å². The summed E-state index contributed by atoms with van der Waals surface area (Å²) in [6.45, 7) is 1.54. The third-order valence-corrected chi connectivity index (χ3v) is 7.11. The number of nitrogens with zero attached hydrogens (tertiary/aromatic N) is 5. The zero-order valence-electron chi connectivity index (χ0n) is 19.3. The minimum atomic E-state index is -0.288. The first-order valence-electron chi connectivity index (χ1n) is 12.1. The highest BCUT2D eigenvalue weighted by Gasteiger charge is 2.33. The third kappa shape index (κ3) is 3.65. The molecule has 0 bridgehead atoms. The monoisotopic (exact) mass is 467 g/mol. The largest absolute Gasteiger partial charge is 0.342 e. The number of carbonyl (C=O) groups excluding carboxylic acids is 3. The van der Waals surface area contributed by atoms with Gasteiger partial charge in [0.25, 0.3) is 11.8 Å². The normalized spacial score (nSPS) is 18.0. The maximum Gasteiger partial charge on any atom is 0.261 e. The molecular weight excluding hydrogens is 442 g/mol. The fourth-order valence-electron chi connectivity index (χ4n) is 5.38. The van der Waals surface area contributed by atoms with Gasteiger partial charge >= 0.3 is 0 Å². The Balaban J connectivity index is 1.11. The predicted molar refractivity (Wildman–Crippen MR) is 130 cm³/mol. The van der Waals surface area contributed by atoms with Crippen LogP contribution in [0.1, 0.15) is 58.1 Å². The van der Waals surface area contributed by atoms with Crippen molar-refractivity contribution in [2.45, 2.75) is 31.6 Å². The van der Waals surface area contributed by atoms with Crippen molar-refractivity contribution in [1.29, 1.82) is 0 Å². The summed E-state index contributed by atoms with van der Waals surface area (Å²) >= 11 is 0. The molecule has 0 N–H and O–H groups in total. The van der Waals surface area contributed by atoms with Crippen LogP contribution in [0.5, 0.6) is 0 Å². The van der Waals surface area contributed by atoms with Gasteiger partial charge in [-0.15, -0.1) is 10.2 Å². The smallest absolute Gasteiger partial charge is 0.261 e. The summed E-state index contributed by atoms with van der Waals surface area (Å²) in [5.74, 6) is 0.484. The summed E-state index contributed by atoms with van der Waals surface area (Å²) < 4.78 is 1.99. The molecule has 1 saturated heterocycles. The van der Waals surface area contributed by atoms with E-state index >= 15 is 0 Å². The van der Waals surface area contributed by atoms with Crippen molar-refractivity contribution in [2.75, 3.05) is 19.6 Å². The zero-order chi connectivity index (χ0) is 23.9. The van der Waals surface area contributed by atoms with Crippen LogP contribution in [0.3, 0.4) is 0 Å². The maximum absolute atomic E-state index is 13.1. The Morgan fingerprint density at radius 3 is 2.49 bits per heavy atom. The fraction of sp³-hybridized carbons (Fsp3) is 0.296. The standard InChI is InChI=1S/C27H25N5O3/c33-23(30-14-5-9-19(17-30)25-29-28-22-12-1-2-15-31(22)25)13-6-16-32-26(34)20-10-3-7-18-8-4-11-21(24(18)20)27(32)35/h1-4,7-8,10-12,15,19H,5-6,9,13-14,16-17H2. The summed E-state index contributed by atoms with van der Waals surface area (Å²) in [6, 6.07) is 16.8. The van der Waals surface area contributed by atoms with Crippen LogP contribution in [0, 0.1) is 0 Å². The highest BCUT2D eigenvalue weighted by molar-refractivity contribution is 6.25. The average Bonchev–Trinajstić information content (AvgIpc) is 3.33. The van der Waals surface area contributed by atoms with Crippen molar-refractivity contribution in [1.82, 2.24) is 24.4 Å². The third-order valence-electron chi connectivity index (χ3n) is 7.11. The molecule has 176 valence electrons. The van der Waals surface area contributed by atoms with Gasteiger partial charge in [0.1, 0.15) is 5.82 Å². The Bertz CT molecular complexity index is 1430. The summed E-state index contributed by atoms with van der Waals surface area (Å²) in [6.07, 6.45) is 4.54. The molecule has 1 fully saturated rings. The van der Waals surface area contributed by atoms with E-state index in [1.165, 1.54) is 4.90 Å². The second-order valence-corrected chi connectivity index (χ2v) is 9.24. The van der Waals surface area contributed by atoms with Gasteiger partial charge in [0, 0.05) is 54.7 Å². The molecule has 35 heavy (non-hydrogen) atoms. The number of benzene rings is 2. The molecule has 0 aliphatic carbocycles. The molecule has 0 spiro atoms. The lowest BCUT2D eigenvalue weighted by Crippen LogP contribution is -2.42. The van der Waals surface area contributed by atoms with Gasteiger partial charge in [-0.3, -0.25) is 23.7 Å². The Kier molecular flexibility index (Phi) is 5.28. The van der Waals surface area contributed by atoms with Crippen molar-refractivity contribution < 1.29 is 14.4 Å². The molecule has 2 aromatic heterocycles. The van der Waals surface area contributed by atoms with E-state index < -0.39 is 0 Å². The van der Waals surface area contributed by atoms with E-state index in [1.54, 1.807) is 12.1 Å². The van der Waals surface area contributed by atoms with Crippen molar-refractivity contribution in [3.05, 3.63) is 77.7 Å². The summed E-state index contributed by atoms with van der Waals surface area (Å²) in [5.41, 5.74) is 1.89. The maximum atomic E-state index is 13.1. The quantitative estimate of drug-likeness (QED) is 0.418. The number of carbonyl (C=O) groups is 3. The minimum Gasteiger partial charge on any atom is -0.342 e. The molecule has 4 heterocycles. The van der Waals surface area contributed by atoms with Crippen LogP contribution < -0.4 is 0 Å². The van der Waals surface area contributed by atoms with E-state index in [1.807, 2.05) is 58.0 Å². The lowest BCUT2D eigenvalue weighted by molar-refractivity contribution is -0.132. The molecule has 3 amide bonds. The highest BCUT2D eigenvalue weighted by atomic mass is 16.2. The van der Waals surface area contributed by atoms with E-state index in [0.717, 1.165) is 35.1 Å². The average molecular weight is 468 g/mol. The predicted octanol–water partition coefficient (Wildman–Crippen LogP) is 3.66. The Hall–Kier alpha value is -4.07. The fourth-order valence-corrected chi connectivity index (χ4v) is 5.38. The second-order valence-electron chi connectivity index (χ2n) is 9.24. The van der Waals surface area contributed by atoms with Crippen LogP contribution in [-0.4, -0.2) is 61.8 Å². The van der Waals surface area contributed by atoms with E-state index in [-0.39, 0.29) is 36.6 Å². The van der Waals surface area contributed by atoms with E-state index in [4.69, 9.17) is 0 Å². The van der Waals surface area contributed by atoms with Crippen LogP contribution in [0.25, 0.3) is 16.4 Å². The molecule has 4 aromatic rings. The number of amides is 3. The van der Waals surface area contributed by atoms with Crippen LogP contribution in [0.2, 0.25) is 0 Å². The minimum absolute atomic E-state index is 0.0444. The van der Waals surface area contributed by atoms with Crippen molar-refractivity contribution in [3.8, 4) is 0 Å². The van der Waals surface area contributed by atoms with Crippen molar-refractivity contribution >= 4 is 34.1 Å². The molecule has 6 rings (SSSR count). The molecule has 2 aromatic carbocycles. The summed E-state index contributed by atoms with van der Waals surface area (Å²) in [4.78, 5) is 42.3. The number of imide groups is 1. The number of hydrogen-bond donors (Lipinski definition) is 0.